The Bertz CT molecular complexity index is 1600. The fraction of sp³-hybridized carbons (Fsp3) is 0.364. The molecule has 1 aliphatic heterocycles. The number of nitrogens with zero attached hydrogens (tertiary/aromatic N) is 3. The maximum Gasteiger partial charge on any atom is 0.317 e. The summed E-state index contributed by atoms with van der Waals surface area (Å²) in [6.07, 6.45) is 0.268. The predicted octanol–water partition coefficient (Wildman–Crippen LogP) is -0.0225. The van der Waals surface area contributed by atoms with Gasteiger partial charge in [0.2, 0.25) is 23.6 Å². The molecule has 0 unspecified atom stereocenters. The highest BCUT2D eigenvalue weighted by atomic mass is 16.5. The Morgan fingerprint density at radius 1 is 0.875 bits per heavy atom. The highest BCUT2D eigenvalue weighted by Crippen LogP contribution is 2.11. The Balaban J connectivity index is 1.63. The van der Waals surface area contributed by atoms with Crippen LogP contribution in [0.5, 0.6) is 0 Å². The van der Waals surface area contributed by atoms with Crippen LogP contribution in [-0.2, 0) is 38.6 Å². The van der Waals surface area contributed by atoms with Crippen LogP contribution in [0.4, 0.5) is 4.79 Å². The lowest BCUT2D eigenvalue weighted by atomic mass is 10.0. The second-order valence-electron chi connectivity index (χ2n) is 11.5. The van der Waals surface area contributed by atoms with Gasteiger partial charge in [-0.3, -0.25) is 24.0 Å². The molecule has 0 saturated heterocycles. The van der Waals surface area contributed by atoms with Crippen LogP contribution in [0.3, 0.4) is 0 Å². The van der Waals surface area contributed by atoms with Gasteiger partial charge >= 0.3 is 6.03 Å². The maximum atomic E-state index is 13.8. The van der Waals surface area contributed by atoms with Gasteiger partial charge in [-0.05, 0) is 18.1 Å². The topological polar surface area (TPSA) is 195 Å². The van der Waals surface area contributed by atoms with E-state index in [0.29, 0.717) is 0 Å². The number of amides is 7. The predicted molar refractivity (Wildman–Crippen MR) is 173 cm³/mol. The number of nitrogens with one attached hydrogen (secondary N) is 5. The molecular formula is C33H40N8O7. The van der Waals surface area contributed by atoms with Crippen molar-refractivity contribution in [3.05, 3.63) is 89.3 Å². The molecule has 2 aromatic carbocycles. The molecule has 0 aliphatic carbocycles. The molecule has 2 heterocycles. The first-order chi connectivity index (χ1) is 23.0. The zero-order valence-electron chi connectivity index (χ0n) is 27.0. The summed E-state index contributed by atoms with van der Waals surface area (Å²) in [5.41, 5.74) is 1.42. The van der Waals surface area contributed by atoms with E-state index in [1.165, 1.54) is 36.9 Å². The highest BCUT2D eigenvalue weighted by molar-refractivity contribution is 5.97. The molecule has 0 spiro atoms. The van der Waals surface area contributed by atoms with Crippen LogP contribution in [0.15, 0.2) is 71.3 Å². The minimum absolute atomic E-state index is 0.000362. The van der Waals surface area contributed by atoms with Gasteiger partial charge in [0.1, 0.15) is 18.1 Å². The molecule has 3 atom stereocenters. The number of rotatable bonds is 6. The quantitative estimate of drug-likeness (QED) is 0.243. The molecule has 0 saturated carbocycles. The van der Waals surface area contributed by atoms with Crippen LogP contribution in [0.2, 0.25) is 0 Å². The molecule has 5 N–H and O–H groups in total. The van der Waals surface area contributed by atoms with Crippen LogP contribution >= 0.6 is 0 Å². The molecule has 0 radical (unpaired) electrons. The van der Waals surface area contributed by atoms with Gasteiger partial charge in [-0.25, -0.2) is 4.79 Å². The second kappa shape index (κ2) is 16.7. The van der Waals surface area contributed by atoms with Crippen LogP contribution in [0, 0.1) is 0 Å². The second-order valence-corrected chi connectivity index (χ2v) is 11.5. The van der Waals surface area contributed by atoms with Gasteiger partial charge < -0.3 is 40.9 Å². The van der Waals surface area contributed by atoms with Crippen molar-refractivity contribution < 1.29 is 33.3 Å². The summed E-state index contributed by atoms with van der Waals surface area (Å²) in [5, 5.41) is 17.2. The van der Waals surface area contributed by atoms with Crippen LogP contribution in [0.1, 0.15) is 34.3 Å². The first-order valence-electron chi connectivity index (χ1n) is 15.5. The minimum Gasteiger partial charge on any atom is -0.359 e. The third-order valence-corrected chi connectivity index (χ3v) is 7.54. The largest absolute Gasteiger partial charge is 0.359 e. The highest BCUT2D eigenvalue weighted by Gasteiger charge is 2.30. The summed E-state index contributed by atoms with van der Waals surface area (Å²) in [5.74, 6) is -2.77. The van der Waals surface area contributed by atoms with Crippen molar-refractivity contribution in [2.45, 2.75) is 44.4 Å². The van der Waals surface area contributed by atoms with E-state index in [0.717, 1.165) is 11.1 Å². The summed E-state index contributed by atoms with van der Waals surface area (Å²) < 4.78 is 5.32. The van der Waals surface area contributed by atoms with Crippen LogP contribution < -0.4 is 26.6 Å². The number of carbonyl (C=O) groups excluding carboxylic acids is 6. The average molecular weight is 661 g/mol. The van der Waals surface area contributed by atoms with E-state index in [1.54, 1.807) is 12.1 Å². The summed E-state index contributed by atoms with van der Waals surface area (Å²) in [7, 11) is 3.07. The molecule has 3 aromatic rings. The lowest BCUT2D eigenvalue weighted by Crippen LogP contribution is -2.57. The average Bonchev–Trinajstić information content (AvgIpc) is 3.55. The van der Waals surface area contributed by atoms with Crippen molar-refractivity contribution in [3.63, 3.8) is 0 Å². The molecule has 0 fully saturated rings. The molecule has 48 heavy (non-hydrogen) atoms. The van der Waals surface area contributed by atoms with Crippen molar-refractivity contribution in [1.29, 1.82) is 0 Å². The standard InChI is InChI=1S/C33H40N8O7/c1-21-29(43)37-26(17-23-12-8-5-9-13-23)31(45)38-25(16-22-10-6-4-7-11-22)30(44)34-14-15-41(28(42)19-35-33(47)40(2)3)20-24-18-27(39-48-24)32(46)36-21/h4-13,18,21,25-26H,14-17,19-20H2,1-3H3,(H,34,44)(H,35,47)(H,36,46)(H,37,43)(H,38,45)/t21-,25+,26-/m0/s1. The third-order valence-electron chi connectivity index (χ3n) is 7.54. The summed E-state index contributed by atoms with van der Waals surface area (Å²) in [6.45, 7) is 0.970. The van der Waals surface area contributed by atoms with Crippen molar-refractivity contribution in [3.8, 4) is 0 Å². The van der Waals surface area contributed by atoms with Gasteiger partial charge in [0.15, 0.2) is 11.5 Å². The number of hydrogen-bond donors (Lipinski definition) is 5. The Hall–Kier alpha value is -5.73. The molecule has 2 bridgehead atoms. The number of hydrogen-bond acceptors (Lipinski definition) is 8. The monoisotopic (exact) mass is 660 g/mol. The molecule has 4 rings (SSSR count). The van der Waals surface area contributed by atoms with Crippen molar-refractivity contribution in [2.24, 2.45) is 0 Å². The van der Waals surface area contributed by atoms with Crippen molar-refractivity contribution in [1.82, 2.24) is 41.5 Å². The fourth-order valence-corrected chi connectivity index (χ4v) is 4.86. The van der Waals surface area contributed by atoms with Gasteiger partial charge in [0.25, 0.3) is 5.91 Å². The Morgan fingerprint density at radius 3 is 2.06 bits per heavy atom. The normalized spacial score (nSPS) is 19.5. The Labute approximate surface area is 277 Å². The summed E-state index contributed by atoms with van der Waals surface area (Å²) in [6, 6.07) is 15.8. The fourth-order valence-electron chi connectivity index (χ4n) is 4.86. The van der Waals surface area contributed by atoms with E-state index in [1.807, 2.05) is 48.5 Å². The maximum absolute atomic E-state index is 13.8. The van der Waals surface area contributed by atoms with E-state index in [4.69, 9.17) is 4.52 Å². The molecule has 254 valence electrons. The minimum atomic E-state index is -1.09. The van der Waals surface area contributed by atoms with Gasteiger partial charge in [-0.15, -0.1) is 0 Å². The zero-order chi connectivity index (χ0) is 34.6. The molecule has 1 aromatic heterocycles. The van der Waals surface area contributed by atoms with Crippen molar-refractivity contribution >= 4 is 35.6 Å². The Kier molecular flexibility index (Phi) is 12.2. The van der Waals surface area contributed by atoms with Gasteiger partial charge in [-0.1, -0.05) is 65.8 Å². The molecule has 15 nitrogen and oxygen atoms in total. The van der Waals surface area contributed by atoms with E-state index >= 15 is 0 Å². The SMILES string of the molecule is C[C@@H]1NC(=O)c2cc(on2)CN(C(=O)CNC(=O)N(C)C)CCNC(=O)[C@@H](Cc2ccccc2)NC(=O)[C@H](Cc2ccccc2)NC1=O. The van der Waals surface area contributed by atoms with Gasteiger partial charge in [-0.2, -0.15) is 0 Å². The number of urea groups is 1. The first kappa shape index (κ1) is 35.1. The van der Waals surface area contributed by atoms with E-state index in [2.05, 4.69) is 31.7 Å². The molecular weight excluding hydrogens is 620 g/mol. The van der Waals surface area contributed by atoms with E-state index in [-0.39, 0.29) is 50.5 Å². The molecule has 1 aliphatic rings. The number of aromatic nitrogens is 1. The lowest BCUT2D eigenvalue weighted by molar-refractivity contribution is -0.133. The summed E-state index contributed by atoms with van der Waals surface area (Å²) >= 11 is 0. The number of fused-ring (bicyclic) bond motifs is 2. The molecule has 7 amide bonds. The lowest BCUT2D eigenvalue weighted by Gasteiger charge is -2.26. The smallest absolute Gasteiger partial charge is 0.317 e. The zero-order valence-corrected chi connectivity index (χ0v) is 27.0. The van der Waals surface area contributed by atoms with Crippen molar-refractivity contribution in [2.75, 3.05) is 33.7 Å². The Morgan fingerprint density at radius 2 is 1.46 bits per heavy atom. The summed E-state index contributed by atoms with van der Waals surface area (Å²) in [4.78, 5) is 81.4. The number of carbonyl (C=O) groups is 6. The van der Waals surface area contributed by atoms with Gasteiger partial charge in [0.05, 0.1) is 13.1 Å². The van der Waals surface area contributed by atoms with E-state index < -0.39 is 53.7 Å². The van der Waals surface area contributed by atoms with Crippen LogP contribution in [-0.4, -0.2) is 102 Å². The first-order valence-corrected chi connectivity index (χ1v) is 15.5. The third kappa shape index (κ3) is 10.1. The van der Waals surface area contributed by atoms with E-state index in [9.17, 15) is 28.8 Å². The van der Waals surface area contributed by atoms with Crippen LogP contribution in [0.25, 0.3) is 0 Å². The number of benzene rings is 2. The molecule has 15 heteroatoms. The van der Waals surface area contributed by atoms with Gasteiger partial charge in [0, 0.05) is 46.1 Å².